The molecule has 31 heavy (non-hydrogen) atoms. The van der Waals surface area contributed by atoms with E-state index in [0.29, 0.717) is 6.54 Å². The van der Waals surface area contributed by atoms with E-state index in [1.165, 1.54) is 16.3 Å². The number of fused-ring (bicyclic) bond motifs is 1. The van der Waals surface area contributed by atoms with E-state index in [4.69, 9.17) is 5.10 Å². The summed E-state index contributed by atoms with van der Waals surface area (Å²) in [7, 11) is 0. The maximum Gasteiger partial charge on any atom is 0.338 e. The first kappa shape index (κ1) is 21.1. The van der Waals surface area contributed by atoms with Crippen LogP contribution in [0.15, 0.2) is 77.9 Å². The minimum absolute atomic E-state index is 0.101. The van der Waals surface area contributed by atoms with Crippen molar-refractivity contribution in [2.45, 2.75) is 58.0 Å². The second-order valence-corrected chi connectivity index (χ2v) is 8.80. The SMILES string of the molecule is CCCCC1=NN(C(=O)NCc2cccc3ccccc23)C(C)(C)C1c1ccccc1. The Morgan fingerprint density at radius 1 is 1.00 bits per heavy atom. The van der Waals surface area contributed by atoms with Crippen LogP contribution in [0.2, 0.25) is 0 Å². The van der Waals surface area contributed by atoms with Gasteiger partial charge >= 0.3 is 6.03 Å². The van der Waals surface area contributed by atoms with E-state index in [1.54, 1.807) is 5.01 Å². The van der Waals surface area contributed by atoms with Crippen molar-refractivity contribution < 1.29 is 4.79 Å². The van der Waals surface area contributed by atoms with E-state index < -0.39 is 5.54 Å². The molecular weight excluding hydrogens is 382 g/mol. The highest BCUT2D eigenvalue weighted by molar-refractivity contribution is 5.96. The molecule has 3 aromatic carbocycles. The van der Waals surface area contributed by atoms with Crippen LogP contribution in [-0.4, -0.2) is 22.3 Å². The van der Waals surface area contributed by atoms with Gasteiger partial charge in [-0.2, -0.15) is 5.10 Å². The maximum atomic E-state index is 13.3. The Bertz CT molecular complexity index is 1080. The summed E-state index contributed by atoms with van der Waals surface area (Å²) in [6.45, 7) is 6.89. The molecule has 1 N–H and O–H groups in total. The van der Waals surface area contributed by atoms with Crippen molar-refractivity contribution in [3.63, 3.8) is 0 Å². The van der Waals surface area contributed by atoms with Gasteiger partial charge in [0.05, 0.1) is 5.54 Å². The van der Waals surface area contributed by atoms with Gasteiger partial charge in [-0.05, 0) is 48.6 Å². The van der Waals surface area contributed by atoms with Crippen molar-refractivity contribution in [3.8, 4) is 0 Å². The van der Waals surface area contributed by atoms with E-state index in [0.717, 1.165) is 30.5 Å². The van der Waals surface area contributed by atoms with Crippen LogP contribution < -0.4 is 5.32 Å². The number of nitrogens with zero attached hydrogens (tertiary/aromatic N) is 2. The van der Waals surface area contributed by atoms with E-state index in [2.05, 4.69) is 74.6 Å². The van der Waals surface area contributed by atoms with Crippen LogP contribution in [0.5, 0.6) is 0 Å². The first-order chi connectivity index (χ1) is 15.0. The van der Waals surface area contributed by atoms with Crippen LogP contribution >= 0.6 is 0 Å². The number of nitrogens with one attached hydrogen (secondary N) is 1. The first-order valence-electron chi connectivity index (χ1n) is 11.2. The third-order valence-electron chi connectivity index (χ3n) is 6.24. The number of urea groups is 1. The third kappa shape index (κ3) is 4.20. The molecule has 2 amide bonds. The molecular formula is C27H31N3O. The van der Waals surface area contributed by atoms with E-state index >= 15 is 0 Å². The Kier molecular flexibility index (Phi) is 6.08. The highest BCUT2D eigenvalue weighted by atomic mass is 16.2. The van der Waals surface area contributed by atoms with E-state index in [-0.39, 0.29) is 11.9 Å². The van der Waals surface area contributed by atoms with Gasteiger partial charge in [0.1, 0.15) is 0 Å². The molecule has 0 aromatic heterocycles. The normalized spacial score (nSPS) is 17.6. The second kappa shape index (κ2) is 8.93. The lowest BCUT2D eigenvalue weighted by molar-refractivity contribution is 0.146. The molecule has 0 fully saturated rings. The van der Waals surface area contributed by atoms with E-state index in [9.17, 15) is 4.79 Å². The van der Waals surface area contributed by atoms with Crippen LogP contribution in [-0.2, 0) is 6.54 Å². The Hall–Kier alpha value is -3.14. The molecule has 4 rings (SSSR count). The Morgan fingerprint density at radius 2 is 1.71 bits per heavy atom. The summed E-state index contributed by atoms with van der Waals surface area (Å²) in [5.74, 6) is 0.101. The number of rotatable bonds is 6. The predicted molar refractivity (Wildman–Crippen MR) is 128 cm³/mol. The lowest BCUT2D eigenvalue weighted by Gasteiger charge is -2.34. The summed E-state index contributed by atoms with van der Waals surface area (Å²) < 4.78 is 0. The number of amides is 2. The average Bonchev–Trinajstić information content (AvgIpc) is 3.06. The minimum atomic E-state index is -0.437. The fourth-order valence-electron chi connectivity index (χ4n) is 4.64. The van der Waals surface area contributed by atoms with Gasteiger partial charge in [0.15, 0.2) is 0 Å². The van der Waals surface area contributed by atoms with Crippen molar-refractivity contribution in [1.29, 1.82) is 0 Å². The highest BCUT2D eigenvalue weighted by Gasteiger charge is 2.47. The molecule has 4 heteroatoms. The van der Waals surface area contributed by atoms with Gasteiger partial charge in [-0.3, -0.25) is 0 Å². The number of carbonyl (C=O) groups excluding carboxylic acids is 1. The molecule has 160 valence electrons. The topological polar surface area (TPSA) is 44.7 Å². The number of benzene rings is 3. The smallest absolute Gasteiger partial charge is 0.332 e. The molecule has 0 radical (unpaired) electrons. The van der Waals surface area contributed by atoms with Gasteiger partial charge in [-0.25, -0.2) is 9.80 Å². The van der Waals surface area contributed by atoms with Gasteiger partial charge < -0.3 is 5.32 Å². The van der Waals surface area contributed by atoms with Gasteiger partial charge in [0, 0.05) is 18.2 Å². The zero-order valence-corrected chi connectivity index (χ0v) is 18.6. The predicted octanol–water partition coefficient (Wildman–Crippen LogP) is 6.47. The summed E-state index contributed by atoms with van der Waals surface area (Å²) in [6, 6.07) is 24.8. The van der Waals surface area contributed by atoms with Crippen LogP contribution in [0.3, 0.4) is 0 Å². The second-order valence-electron chi connectivity index (χ2n) is 8.80. The molecule has 0 aliphatic carbocycles. The zero-order valence-electron chi connectivity index (χ0n) is 18.6. The fraction of sp³-hybridized carbons (Fsp3) is 0.333. The summed E-state index contributed by atoms with van der Waals surface area (Å²) in [5.41, 5.74) is 2.98. The number of hydrazone groups is 1. The van der Waals surface area contributed by atoms with Crippen molar-refractivity contribution in [3.05, 3.63) is 83.9 Å². The fourth-order valence-corrected chi connectivity index (χ4v) is 4.64. The van der Waals surface area contributed by atoms with Crippen LogP contribution in [0.1, 0.15) is 57.1 Å². The Morgan fingerprint density at radius 3 is 2.48 bits per heavy atom. The minimum Gasteiger partial charge on any atom is -0.332 e. The molecule has 1 aliphatic rings. The summed E-state index contributed by atoms with van der Waals surface area (Å²) in [4.78, 5) is 13.3. The Balaban J connectivity index is 1.57. The van der Waals surface area contributed by atoms with Crippen molar-refractivity contribution >= 4 is 22.5 Å². The molecule has 0 spiro atoms. The van der Waals surface area contributed by atoms with E-state index in [1.807, 2.05) is 24.3 Å². The molecule has 1 atom stereocenters. The molecule has 0 bridgehead atoms. The summed E-state index contributed by atoms with van der Waals surface area (Å²) in [5, 5.41) is 12.0. The Labute approximate surface area is 185 Å². The molecule has 0 saturated carbocycles. The summed E-state index contributed by atoms with van der Waals surface area (Å²) in [6.07, 6.45) is 3.09. The van der Waals surface area contributed by atoms with Crippen molar-refractivity contribution in [2.24, 2.45) is 5.10 Å². The molecule has 1 heterocycles. The number of carbonyl (C=O) groups is 1. The molecule has 0 saturated heterocycles. The van der Waals surface area contributed by atoms with Crippen LogP contribution in [0.4, 0.5) is 4.79 Å². The zero-order chi connectivity index (χ0) is 21.8. The van der Waals surface area contributed by atoms with Crippen molar-refractivity contribution in [2.75, 3.05) is 0 Å². The van der Waals surface area contributed by atoms with Gasteiger partial charge in [-0.1, -0.05) is 86.1 Å². The van der Waals surface area contributed by atoms with Crippen molar-refractivity contribution in [1.82, 2.24) is 10.3 Å². The standard InChI is InChI=1S/C27H31N3O/c1-4-5-18-24-25(21-13-7-6-8-14-21)27(2,3)30(29-24)26(31)28-19-22-16-11-15-20-12-9-10-17-23(20)22/h6-17,25H,4-5,18-19H2,1-3H3,(H,28,31). The van der Waals surface area contributed by atoms with Gasteiger partial charge in [-0.15, -0.1) is 0 Å². The van der Waals surface area contributed by atoms with Crippen LogP contribution in [0.25, 0.3) is 10.8 Å². The van der Waals surface area contributed by atoms with Crippen LogP contribution in [0, 0.1) is 0 Å². The monoisotopic (exact) mass is 413 g/mol. The lowest BCUT2D eigenvalue weighted by atomic mass is 9.78. The number of unbranched alkanes of at least 4 members (excludes halogenated alkanes) is 1. The number of hydrogen-bond acceptors (Lipinski definition) is 2. The third-order valence-corrected chi connectivity index (χ3v) is 6.24. The highest BCUT2D eigenvalue weighted by Crippen LogP contribution is 2.41. The first-order valence-corrected chi connectivity index (χ1v) is 11.2. The maximum absolute atomic E-state index is 13.3. The largest absolute Gasteiger partial charge is 0.338 e. The molecule has 4 nitrogen and oxygen atoms in total. The quantitative estimate of drug-likeness (QED) is 0.494. The van der Waals surface area contributed by atoms with Gasteiger partial charge in [0.25, 0.3) is 0 Å². The molecule has 1 aliphatic heterocycles. The molecule has 3 aromatic rings. The number of hydrogen-bond donors (Lipinski definition) is 1. The molecule has 1 unspecified atom stereocenters. The van der Waals surface area contributed by atoms with Gasteiger partial charge in [0.2, 0.25) is 0 Å². The average molecular weight is 414 g/mol. The lowest BCUT2D eigenvalue weighted by Crippen LogP contribution is -2.49. The summed E-state index contributed by atoms with van der Waals surface area (Å²) >= 11 is 0.